The van der Waals surface area contributed by atoms with Gasteiger partial charge in [0.2, 0.25) is 11.8 Å². The molecule has 2 aliphatic rings. The van der Waals surface area contributed by atoms with Crippen LogP contribution in [0.25, 0.3) is 0 Å². The molecule has 0 aliphatic carbocycles. The smallest absolute Gasteiger partial charge is 0.325 e. The molecule has 2 aromatic rings. The predicted octanol–water partition coefficient (Wildman–Crippen LogP) is 2.49. The van der Waals surface area contributed by atoms with Crippen molar-refractivity contribution >= 4 is 23.5 Å². The SMILES string of the molecule is O=C(CN1C(=O)N(Cc2ccc(F)cc2)C(=O)C2NCCCC21)Nc1ccc(F)cc1. The predicted molar refractivity (Wildman–Crippen MR) is 109 cm³/mol. The number of hydrogen-bond acceptors (Lipinski definition) is 4. The standard InChI is InChI=1S/C22H22F2N4O3/c23-15-5-3-14(4-6-15)12-28-21(30)20-18(2-1-11-25-20)27(22(28)31)13-19(29)26-17-9-7-16(24)8-10-17/h3-10,18,20,25H,1-2,11-13H2,(H,26,29). The van der Waals surface area contributed by atoms with Gasteiger partial charge in [-0.2, -0.15) is 0 Å². The van der Waals surface area contributed by atoms with E-state index in [1.54, 1.807) is 0 Å². The highest BCUT2D eigenvalue weighted by atomic mass is 19.1. The first kappa shape index (κ1) is 20.9. The maximum atomic E-state index is 13.2. The van der Waals surface area contributed by atoms with Gasteiger partial charge in [-0.3, -0.25) is 14.5 Å². The third kappa shape index (κ3) is 4.56. The van der Waals surface area contributed by atoms with Crippen molar-refractivity contribution in [1.29, 1.82) is 0 Å². The van der Waals surface area contributed by atoms with E-state index in [0.717, 1.165) is 11.3 Å². The molecule has 0 spiro atoms. The zero-order valence-corrected chi connectivity index (χ0v) is 16.7. The number of nitrogens with zero attached hydrogens (tertiary/aromatic N) is 2. The summed E-state index contributed by atoms with van der Waals surface area (Å²) in [6.07, 6.45) is 1.37. The molecule has 2 atom stereocenters. The van der Waals surface area contributed by atoms with Gasteiger partial charge in [0, 0.05) is 5.69 Å². The molecule has 4 rings (SSSR count). The Morgan fingerprint density at radius 2 is 1.68 bits per heavy atom. The van der Waals surface area contributed by atoms with Crippen molar-refractivity contribution in [2.45, 2.75) is 31.5 Å². The lowest BCUT2D eigenvalue weighted by Crippen LogP contribution is -2.70. The maximum absolute atomic E-state index is 13.2. The van der Waals surface area contributed by atoms with E-state index in [2.05, 4.69) is 10.6 Å². The number of anilines is 1. The Morgan fingerprint density at radius 1 is 1.03 bits per heavy atom. The second-order valence-corrected chi connectivity index (χ2v) is 7.66. The molecule has 0 saturated carbocycles. The summed E-state index contributed by atoms with van der Waals surface area (Å²) in [6, 6.07) is 9.28. The molecule has 2 N–H and O–H groups in total. The van der Waals surface area contributed by atoms with Gasteiger partial charge in [-0.05, 0) is 61.3 Å². The Kier molecular flexibility index (Phi) is 5.94. The van der Waals surface area contributed by atoms with Crippen LogP contribution in [0.5, 0.6) is 0 Å². The van der Waals surface area contributed by atoms with E-state index >= 15 is 0 Å². The summed E-state index contributed by atoms with van der Waals surface area (Å²) in [7, 11) is 0. The van der Waals surface area contributed by atoms with Crippen LogP contribution in [0.4, 0.5) is 19.3 Å². The quantitative estimate of drug-likeness (QED) is 0.767. The van der Waals surface area contributed by atoms with Gasteiger partial charge in [-0.25, -0.2) is 13.6 Å². The number of carbonyl (C=O) groups excluding carboxylic acids is 3. The number of nitrogens with one attached hydrogen (secondary N) is 2. The molecular weight excluding hydrogens is 406 g/mol. The topological polar surface area (TPSA) is 81.8 Å². The fraction of sp³-hybridized carbons (Fsp3) is 0.318. The third-order valence-electron chi connectivity index (χ3n) is 5.53. The molecule has 2 saturated heterocycles. The van der Waals surface area contributed by atoms with Crippen LogP contribution in [0.15, 0.2) is 48.5 Å². The lowest BCUT2D eigenvalue weighted by atomic mass is 9.93. The molecule has 31 heavy (non-hydrogen) atoms. The van der Waals surface area contributed by atoms with Crippen LogP contribution in [0.3, 0.4) is 0 Å². The van der Waals surface area contributed by atoms with E-state index in [-0.39, 0.29) is 19.0 Å². The van der Waals surface area contributed by atoms with Gasteiger partial charge in [0.1, 0.15) is 24.2 Å². The summed E-state index contributed by atoms with van der Waals surface area (Å²) in [5.41, 5.74) is 1.02. The number of halogens is 2. The van der Waals surface area contributed by atoms with E-state index in [1.807, 2.05) is 0 Å². The van der Waals surface area contributed by atoms with Gasteiger partial charge in [0.05, 0.1) is 12.6 Å². The molecule has 0 aromatic heterocycles. The van der Waals surface area contributed by atoms with E-state index in [4.69, 9.17) is 0 Å². The van der Waals surface area contributed by atoms with Crippen molar-refractivity contribution in [3.63, 3.8) is 0 Å². The Morgan fingerprint density at radius 3 is 2.35 bits per heavy atom. The first-order chi connectivity index (χ1) is 14.9. The lowest BCUT2D eigenvalue weighted by molar-refractivity contribution is -0.138. The summed E-state index contributed by atoms with van der Waals surface area (Å²) >= 11 is 0. The number of carbonyl (C=O) groups is 3. The van der Waals surface area contributed by atoms with Gasteiger partial charge in [0.25, 0.3) is 0 Å². The van der Waals surface area contributed by atoms with E-state index in [9.17, 15) is 23.2 Å². The fourth-order valence-electron chi connectivity index (χ4n) is 4.01. The van der Waals surface area contributed by atoms with E-state index < -0.39 is 35.7 Å². The van der Waals surface area contributed by atoms with Crippen molar-refractivity contribution in [3.8, 4) is 0 Å². The Bertz CT molecular complexity index is 981. The average molecular weight is 428 g/mol. The summed E-state index contributed by atoms with van der Waals surface area (Å²) in [6.45, 7) is 0.381. The van der Waals surface area contributed by atoms with Gasteiger partial charge in [-0.1, -0.05) is 12.1 Å². The van der Waals surface area contributed by atoms with Crippen LogP contribution in [-0.4, -0.2) is 52.8 Å². The first-order valence-electron chi connectivity index (χ1n) is 10.1. The van der Waals surface area contributed by atoms with Crippen molar-refractivity contribution in [3.05, 3.63) is 65.7 Å². The maximum Gasteiger partial charge on any atom is 0.327 e. The number of benzene rings is 2. The number of amides is 4. The van der Waals surface area contributed by atoms with Crippen LogP contribution in [0.2, 0.25) is 0 Å². The molecule has 2 aliphatic heterocycles. The van der Waals surface area contributed by atoms with Gasteiger partial charge in [-0.15, -0.1) is 0 Å². The van der Waals surface area contributed by atoms with Crippen molar-refractivity contribution in [1.82, 2.24) is 15.1 Å². The largest absolute Gasteiger partial charge is 0.327 e. The summed E-state index contributed by atoms with van der Waals surface area (Å²) in [4.78, 5) is 41.3. The highest BCUT2D eigenvalue weighted by Gasteiger charge is 2.47. The number of rotatable bonds is 5. The molecule has 2 aromatic carbocycles. The highest BCUT2D eigenvalue weighted by molar-refractivity contribution is 6.02. The normalized spacial score (nSPS) is 21.1. The van der Waals surface area contributed by atoms with Gasteiger partial charge < -0.3 is 15.5 Å². The molecular formula is C22H22F2N4O3. The second-order valence-electron chi connectivity index (χ2n) is 7.66. The molecule has 2 heterocycles. The van der Waals surface area contributed by atoms with Crippen molar-refractivity contribution in [2.24, 2.45) is 0 Å². The second kappa shape index (κ2) is 8.81. The minimum absolute atomic E-state index is 0.0150. The molecule has 4 amide bonds. The van der Waals surface area contributed by atoms with Crippen LogP contribution in [0.1, 0.15) is 18.4 Å². The molecule has 9 heteroatoms. The fourth-order valence-corrected chi connectivity index (χ4v) is 4.01. The number of piperidine rings is 1. The Hall–Kier alpha value is -3.33. The monoisotopic (exact) mass is 428 g/mol. The Labute approximate surface area is 178 Å². The van der Waals surface area contributed by atoms with Crippen LogP contribution >= 0.6 is 0 Å². The number of imide groups is 1. The molecule has 0 radical (unpaired) electrons. The molecule has 0 bridgehead atoms. The van der Waals surface area contributed by atoms with E-state index in [1.165, 1.54) is 53.4 Å². The minimum Gasteiger partial charge on any atom is -0.325 e. The van der Waals surface area contributed by atoms with Gasteiger partial charge in [0.15, 0.2) is 0 Å². The minimum atomic E-state index is -0.606. The zero-order chi connectivity index (χ0) is 22.0. The summed E-state index contributed by atoms with van der Waals surface area (Å²) in [5.74, 6) is -1.63. The number of urea groups is 1. The first-order valence-corrected chi connectivity index (χ1v) is 10.1. The lowest BCUT2D eigenvalue weighted by Gasteiger charge is -2.46. The van der Waals surface area contributed by atoms with Crippen LogP contribution in [0, 0.1) is 11.6 Å². The average Bonchev–Trinajstić information content (AvgIpc) is 2.77. The summed E-state index contributed by atoms with van der Waals surface area (Å²) in [5, 5.41) is 5.81. The van der Waals surface area contributed by atoms with Crippen LogP contribution < -0.4 is 10.6 Å². The number of fused-ring (bicyclic) bond motifs is 1. The van der Waals surface area contributed by atoms with Crippen LogP contribution in [-0.2, 0) is 16.1 Å². The molecule has 7 nitrogen and oxygen atoms in total. The zero-order valence-electron chi connectivity index (χ0n) is 16.7. The summed E-state index contributed by atoms with van der Waals surface area (Å²) < 4.78 is 26.3. The number of hydrogen-bond donors (Lipinski definition) is 2. The molecule has 2 unspecified atom stereocenters. The molecule has 2 fully saturated rings. The highest BCUT2D eigenvalue weighted by Crippen LogP contribution is 2.26. The Balaban J connectivity index is 1.53. The van der Waals surface area contributed by atoms with Crippen molar-refractivity contribution < 1.29 is 23.2 Å². The van der Waals surface area contributed by atoms with E-state index in [0.29, 0.717) is 24.2 Å². The van der Waals surface area contributed by atoms with Crippen molar-refractivity contribution in [2.75, 3.05) is 18.4 Å². The molecule has 162 valence electrons. The third-order valence-corrected chi connectivity index (χ3v) is 5.53. The van der Waals surface area contributed by atoms with Gasteiger partial charge >= 0.3 is 6.03 Å².